The summed E-state index contributed by atoms with van der Waals surface area (Å²) in [4.78, 5) is 0. The largest absolute Gasteiger partial charge is 0.394 e. The van der Waals surface area contributed by atoms with E-state index in [2.05, 4.69) is 37.3 Å². The maximum atomic E-state index is 9.51. The van der Waals surface area contributed by atoms with Crippen molar-refractivity contribution in [2.24, 2.45) is 5.73 Å². The zero-order valence-electron chi connectivity index (χ0n) is 16.3. The Hall–Kier alpha value is -1.12. The third kappa shape index (κ3) is 6.60. The van der Waals surface area contributed by atoms with E-state index >= 15 is 0 Å². The van der Waals surface area contributed by atoms with Crippen molar-refractivity contribution in [3.05, 3.63) is 47.0 Å². The van der Waals surface area contributed by atoms with Crippen LogP contribution in [0.4, 0.5) is 0 Å². The van der Waals surface area contributed by atoms with Gasteiger partial charge >= 0.3 is 0 Å². The molecule has 1 aromatic rings. The molecule has 0 saturated carbocycles. The van der Waals surface area contributed by atoms with Crippen LogP contribution in [0.2, 0.25) is 0 Å². The molecular weight excluding hydrogens is 306 g/mol. The third-order valence-electron chi connectivity index (χ3n) is 5.42. The maximum absolute atomic E-state index is 9.51. The van der Waals surface area contributed by atoms with Crippen molar-refractivity contribution in [3.8, 4) is 0 Å². The van der Waals surface area contributed by atoms with Gasteiger partial charge in [-0.3, -0.25) is 0 Å². The number of aliphatic hydroxyl groups excluding tert-OH is 1. The predicted octanol–water partition coefficient (Wildman–Crippen LogP) is 5.28. The lowest BCUT2D eigenvalue weighted by molar-refractivity contribution is 0.197. The molecule has 25 heavy (non-hydrogen) atoms. The minimum atomic E-state index is -0.520. The summed E-state index contributed by atoms with van der Waals surface area (Å²) >= 11 is 0. The smallest absolute Gasteiger partial charge is 0.0608 e. The van der Waals surface area contributed by atoms with Crippen LogP contribution in [0.3, 0.4) is 0 Å². The van der Waals surface area contributed by atoms with Crippen molar-refractivity contribution in [2.45, 2.75) is 89.5 Å². The minimum Gasteiger partial charge on any atom is -0.394 e. The van der Waals surface area contributed by atoms with Crippen LogP contribution in [0.1, 0.15) is 87.8 Å². The van der Waals surface area contributed by atoms with Gasteiger partial charge in [0.1, 0.15) is 0 Å². The zero-order chi connectivity index (χ0) is 18.1. The van der Waals surface area contributed by atoms with Crippen LogP contribution in [-0.4, -0.2) is 17.3 Å². The van der Waals surface area contributed by atoms with Gasteiger partial charge in [0.15, 0.2) is 0 Å². The number of unbranched alkanes of at least 4 members (excludes halogenated alkanes) is 5. The van der Waals surface area contributed by atoms with Crippen molar-refractivity contribution in [2.75, 3.05) is 6.61 Å². The second kappa shape index (κ2) is 10.1. The lowest BCUT2D eigenvalue weighted by atomic mass is 9.83. The number of aliphatic hydroxyl groups is 1. The van der Waals surface area contributed by atoms with Gasteiger partial charge in [0.05, 0.1) is 6.61 Å². The average Bonchev–Trinajstić information content (AvgIpc) is 2.79. The van der Waals surface area contributed by atoms with E-state index in [4.69, 9.17) is 5.73 Å². The summed E-state index contributed by atoms with van der Waals surface area (Å²) in [6, 6.07) is 7.05. The zero-order valence-corrected chi connectivity index (χ0v) is 16.3. The van der Waals surface area contributed by atoms with E-state index in [1.807, 2.05) is 6.92 Å². The lowest BCUT2D eigenvalue weighted by Gasteiger charge is -2.27. The normalized spacial score (nSPS) is 19.3. The Bertz CT molecular complexity index is 547. The van der Waals surface area contributed by atoms with Crippen molar-refractivity contribution in [1.82, 2.24) is 0 Å². The van der Waals surface area contributed by atoms with Crippen LogP contribution >= 0.6 is 0 Å². The highest BCUT2D eigenvalue weighted by atomic mass is 16.3. The molecule has 0 saturated heterocycles. The molecule has 2 atom stereocenters. The van der Waals surface area contributed by atoms with Gasteiger partial charge in [-0.15, -0.1) is 0 Å². The van der Waals surface area contributed by atoms with E-state index in [-0.39, 0.29) is 6.61 Å². The lowest BCUT2D eigenvalue weighted by Crippen LogP contribution is -2.41. The highest BCUT2D eigenvalue weighted by molar-refractivity contribution is 5.39. The van der Waals surface area contributed by atoms with Crippen LogP contribution in [0, 0.1) is 0 Å². The molecule has 0 fully saturated rings. The van der Waals surface area contributed by atoms with Crippen LogP contribution in [-0.2, 0) is 12.8 Å². The van der Waals surface area contributed by atoms with E-state index < -0.39 is 5.54 Å². The van der Waals surface area contributed by atoms with Gasteiger partial charge in [0.25, 0.3) is 0 Å². The summed E-state index contributed by atoms with van der Waals surface area (Å²) in [5.74, 6) is 0.322. The summed E-state index contributed by atoms with van der Waals surface area (Å²) in [6.07, 6.45) is 16.9. The minimum absolute atomic E-state index is 0.0305. The summed E-state index contributed by atoms with van der Waals surface area (Å²) in [5.41, 5.74) is 10.1. The Morgan fingerprint density at radius 2 is 1.92 bits per heavy atom. The molecule has 2 rings (SSSR count). The van der Waals surface area contributed by atoms with Gasteiger partial charge in [-0.2, -0.15) is 0 Å². The molecule has 3 N–H and O–H groups in total. The fourth-order valence-electron chi connectivity index (χ4n) is 3.85. The van der Waals surface area contributed by atoms with Crippen LogP contribution in [0.15, 0.2) is 30.4 Å². The van der Waals surface area contributed by atoms with Gasteiger partial charge in [-0.1, -0.05) is 69.4 Å². The summed E-state index contributed by atoms with van der Waals surface area (Å²) < 4.78 is 0. The molecular formula is C23H37NO. The van der Waals surface area contributed by atoms with E-state index in [0.29, 0.717) is 5.92 Å². The van der Waals surface area contributed by atoms with Crippen molar-refractivity contribution in [3.63, 3.8) is 0 Å². The number of hydrogen-bond donors (Lipinski definition) is 2. The number of allylic oxidation sites excluding steroid dienone is 2. The Labute approximate surface area is 154 Å². The first-order chi connectivity index (χ1) is 12.1. The fourth-order valence-corrected chi connectivity index (χ4v) is 3.85. The summed E-state index contributed by atoms with van der Waals surface area (Å²) in [7, 11) is 0. The number of aryl methyl sites for hydroxylation is 2. The van der Waals surface area contributed by atoms with Gasteiger partial charge in [-0.25, -0.2) is 0 Å². The Kier molecular flexibility index (Phi) is 8.18. The molecule has 2 nitrogen and oxygen atoms in total. The topological polar surface area (TPSA) is 46.2 Å². The molecule has 0 amide bonds. The van der Waals surface area contributed by atoms with Crippen molar-refractivity contribution >= 4 is 0 Å². The summed E-state index contributed by atoms with van der Waals surface area (Å²) in [6.45, 7) is 4.24. The summed E-state index contributed by atoms with van der Waals surface area (Å²) in [5, 5.41) is 9.51. The van der Waals surface area contributed by atoms with E-state index in [9.17, 15) is 5.11 Å². The van der Waals surface area contributed by atoms with Gasteiger partial charge in [-0.05, 0) is 55.7 Å². The van der Waals surface area contributed by atoms with E-state index in [1.54, 1.807) is 0 Å². The van der Waals surface area contributed by atoms with Gasteiger partial charge < -0.3 is 10.8 Å². The van der Waals surface area contributed by atoms with Crippen LogP contribution in [0.5, 0.6) is 0 Å². The Morgan fingerprint density at radius 3 is 2.68 bits per heavy atom. The molecule has 0 aromatic heterocycles. The Balaban J connectivity index is 1.97. The molecule has 2 heteroatoms. The number of rotatable bonds is 10. The molecule has 0 heterocycles. The molecule has 0 spiro atoms. The molecule has 0 bridgehead atoms. The molecule has 1 aliphatic carbocycles. The second-order valence-electron chi connectivity index (χ2n) is 8.14. The second-order valence-corrected chi connectivity index (χ2v) is 8.14. The first-order valence-electron chi connectivity index (χ1n) is 10.2. The SMILES string of the molecule is CCCCCCCCc1ccc2c(c1)CCC=CC2CC(C)(N)CO. The molecule has 2 unspecified atom stereocenters. The predicted molar refractivity (Wildman–Crippen MR) is 108 cm³/mol. The molecule has 1 aliphatic rings. The quantitative estimate of drug-likeness (QED) is 0.449. The van der Waals surface area contributed by atoms with Crippen LogP contribution < -0.4 is 5.73 Å². The number of nitrogens with two attached hydrogens (primary N) is 1. The first kappa shape index (κ1) is 20.2. The average molecular weight is 344 g/mol. The molecule has 0 aliphatic heterocycles. The number of fused-ring (bicyclic) bond motifs is 1. The molecule has 140 valence electrons. The molecule has 1 aromatic carbocycles. The highest BCUT2D eigenvalue weighted by Crippen LogP contribution is 2.32. The van der Waals surface area contributed by atoms with Gasteiger partial charge in [0.2, 0.25) is 0 Å². The molecule has 0 radical (unpaired) electrons. The monoisotopic (exact) mass is 343 g/mol. The maximum Gasteiger partial charge on any atom is 0.0608 e. The van der Waals surface area contributed by atoms with Crippen molar-refractivity contribution < 1.29 is 5.11 Å². The first-order valence-corrected chi connectivity index (χ1v) is 10.2. The highest BCUT2D eigenvalue weighted by Gasteiger charge is 2.25. The third-order valence-corrected chi connectivity index (χ3v) is 5.42. The van der Waals surface area contributed by atoms with E-state index in [1.165, 1.54) is 61.6 Å². The van der Waals surface area contributed by atoms with E-state index in [0.717, 1.165) is 19.3 Å². The number of benzene rings is 1. The Morgan fingerprint density at radius 1 is 1.16 bits per heavy atom. The van der Waals surface area contributed by atoms with Gasteiger partial charge in [0, 0.05) is 11.5 Å². The number of hydrogen-bond acceptors (Lipinski definition) is 2. The standard InChI is InChI=1S/C23H37NO/c1-3-4-5-6-7-8-11-19-14-15-22-20(16-19)12-9-10-13-21(22)17-23(2,24)18-25/h10,13-16,21,25H,3-9,11-12,17-18,24H2,1-2H3. The van der Waals surface area contributed by atoms with Crippen LogP contribution in [0.25, 0.3) is 0 Å². The fraction of sp³-hybridized carbons (Fsp3) is 0.652. The van der Waals surface area contributed by atoms with Crippen molar-refractivity contribution in [1.29, 1.82) is 0 Å².